The zero-order chi connectivity index (χ0) is 19.9. The van der Waals surface area contributed by atoms with Gasteiger partial charge in [-0.3, -0.25) is 9.10 Å². The quantitative estimate of drug-likeness (QED) is 0.710. The Morgan fingerprint density at radius 3 is 2.41 bits per heavy atom. The van der Waals surface area contributed by atoms with Gasteiger partial charge in [0.25, 0.3) is 0 Å². The second-order valence-corrected chi connectivity index (χ2v) is 7.79. The minimum Gasteiger partial charge on any atom is -0.494 e. The van der Waals surface area contributed by atoms with Crippen LogP contribution in [0.3, 0.4) is 0 Å². The maximum Gasteiger partial charge on any atom is 0.232 e. The highest BCUT2D eigenvalue weighted by Crippen LogP contribution is 2.22. The first-order chi connectivity index (χ1) is 12.8. The number of ether oxygens (including phenoxy) is 1. The van der Waals surface area contributed by atoms with Gasteiger partial charge < -0.3 is 10.1 Å². The molecule has 0 fully saturated rings. The monoisotopic (exact) mass is 394 g/mol. The summed E-state index contributed by atoms with van der Waals surface area (Å²) in [4.78, 5) is 12.1. The molecule has 0 aliphatic rings. The van der Waals surface area contributed by atoms with Gasteiger partial charge in [0.05, 0.1) is 18.6 Å². The minimum atomic E-state index is -3.56. The molecule has 2 rings (SSSR count). The molecule has 0 spiro atoms. The Morgan fingerprint density at radius 1 is 1.15 bits per heavy atom. The van der Waals surface area contributed by atoms with Gasteiger partial charge in [0, 0.05) is 25.1 Å². The SMILES string of the molecule is CCOc1ccc(N(CCC(=O)NCc2ccccc2F)S(C)(=O)=O)cc1. The summed E-state index contributed by atoms with van der Waals surface area (Å²) in [5.41, 5.74) is 0.820. The van der Waals surface area contributed by atoms with E-state index in [0.717, 1.165) is 10.6 Å². The summed E-state index contributed by atoms with van der Waals surface area (Å²) in [7, 11) is -3.56. The maximum absolute atomic E-state index is 13.6. The molecule has 0 unspecified atom stereocenters. The molecule has 0 saturated carbocycles. The number of rotatable bonds is 9. The first-order valence-electron chi connectivity index (χ1n) is 8.52. The molecule has 1 N–H and O–H groups in total. The van der Waals surface area contributed by atoms with Crippen LogP contribution in [0, 0.1) is 5.82 Å². The fraction of sp³-hybridized carbons (Fsp3) is 0.316. The van der Waals surface area contributed by atoms with Crippen molar-refractivity contribution in [3.8, 4) is 5.75 Å². The third-order valence-electron chi connectivity index (χ3n) is 3.81. The van der Waals surface area contributed by atoms with Gasteiger partial charge in [0.1, 0.15) is 11.6 Å². The highest BCUT2D eigenvalue weighted by Gasteiger charge is 2.18. The van der Waals surface area contributed by atoms with Crippen LogP contribution in [0.15, 0.2) is 48.5 Å². The molecule has 2 aromatic carbocycles. The van der Waals surface area contributed by atoms with Crippen LogP contribution in [0.5, 0.6) is 5.75 Å². The van der Waals surface area contributed by atoms with Crippen LogP contribution in [-0.2, 0) is 21.4 Å². The van der Waals surface area contributed by atoms with E-state index in [9.17, 15) is 17.6 Å². The lowest BCUT2D eigenvalue weighted by atomic mass is 10.2. The summed E-state index contributed by atoms with van der Waals surface area (Å²) in [5.74, 6) is -0.125. The number of carbonyl (C=O) groups is 1. The minimum absolute atomic E-state index is 0.0179. The maximum atomic E-state index is 13.6. The molecule has 0 aliphatic carbocycles. The number of anilines is 1. The van der Waals surface area contributed by atoms with Gasteiger partial charge in [0.15, 0.2) is 0 Å². The third kappa shape index (κ3) is 6.25. The fourth-order valence-corrected chi connectivity index (χ4v) is 3.42. The van der Waals surface area contributed by atoms with E-state index in [1.54, 1.807) is 42.5 Å². The molecular weight excluding hydrogens is 371 g/mol. The van der Waals surface area contributed by atoms with Gasteiger partial charge in [-0.15, -0.1) is 0 Å². The number of amides is 1. The summed E-state index contributed by atoms with van der Waals surface area (Å²) >= 11 is 0. The second-order valence-electron chi connectivity index (χ2n) is 5.88. The third-order valence-corrected chi connectivity index (χ3v) is 5.01. The molecule has 0 aliphatic heterocycles. The largest absolute Gasteiger partial charge is 0.494 e. The topological polar surface area (TPSA) is 75.7 Å². The zero-order valence-corrected chi connectivity index (χ0v) is 16.1. The molecule has 0 bridgehead atoms. The van der Waals surface area contributed by atoms with Crippen molar-refractivity contribution in [2.45, 2.75) is 19.9 Å². The molecule has 146 valence electrons. The number of hydrogen-bond acceptors (Lipinski definition) is 4. The first-order valence-corrected chi connectivity index (χ1v) is 10.4. The molecule has 2 aromatic rings. The van der Waals surface area contributed by atoms with E-state index < -0.39 is 15.8 Å². The Labute approximate surface area is 159 Å². The Kier molecular flexibility index (Phi) is 7.18. The van der Waals surface area contributed by atoms with Crippen molar-refractivity contribution in [2.75, 3.05) is 23.7 Å². The molecule has 0 atom stereocenters. The van der Waals surface area contributed by atoms with E-state index in [2.05, 4.69) is 5.32 Å². The summed E-state index contributed by atoms with van der Waals surface area (Å²) in [6.45, 7) is 2.40. The molecule has 1 amide bonds. The van der Waals surface area contributed by atoms with Crippen molar-refractivity contribution in [1.82, 2.24) is 5.32 Å². The molecular formula is C19H23FN2O4S. The van der Waals surface area contributed by atoms with Crippen LogP contribution < -0.4 is 14.4 Å². The average molecular weight is 394 g/mol. The standard InChI is InChI=1S/C19H23FN2O4S/c1-3-26-17-10-8-16(9-11-17)22(27(2,24)25)13-12-19(23)21-14-15-6-4-5-7-18(15)20/h4-11H,3,12-14H2,1-2H3,(H,21,23). The average Bonchev–Trinajstić information content (AvgIpc) is 2.62. The van der Waals surface area contributed by atoms with Crippen molar-refractivity contribution in [2.24, 2.45) is 0 Å². The summed E-state index contributed by atoms with van der Waals surface area (Å²) in [6, 6.07) is 12.8. The van der Waals surface area contributed by atoms with Crippen molar-refractivity contribution in [3.63, 3.8) is 0 Å². The van der Waals surface area contributed by atoms with Crippen molar-refractivity contribution >= 4 is 21.6 Å². The number of benzene rings is 2. The fourth-order valence-electron chi connectivity index (χ4n) is 2.49. The molecule has 0 heterocycles. The zero-order valence-electron chi connectivity index (χ0n) is 15.3. The van der Waals surface area contributed by atoms with Crippen LogP contribution in [0.1, 0.15) is 18.9 Å². The van der Waals surface area contributed by atoms with Crippen LogP contribution in [0.25, 0.3) is 0 Å². The van der Waals surface area contributed by atoms with Gasteiger partial charge in [-0.05, 0) is 37.3 Å². The van der Waals surface area contributed by atoms with Gasteiger partial charge in [-0.1, -0.05) is 18.2 Å². The smallest absolute Gasteiger partial charge is 0.232 e. The molecule has 6 nitrogen and oxygen atoms in total. The van der Waals surface area contributed by atoms with Crippen LogP contribution in [0.2, 0.25) is 0 Å². The van der Waals surface area contributed by atoms with E-state index in [4.69, 9.17) is 4.74 Å². The predicted molar refractivity (Wildman–Crippen MR) is 103 cm³/mol. The van der Waals surface area contributed by atoms with E-state index in [-0.39, 0.29) is 25.4 Å². The number of halogens is 1. The Bertz CT molecular complexity index is 870. The number of carbonyl (C=O) groups excluding carboxylic acids is 1. The first kappa shape index (κ1) is 20.7. The Balaban J connectivity index is 1.98. The van der Waals surface area contributed by atoms with E-state index in [0.29, 0.717) is 23.6 Å². The Morgan fingerprint density at radius 2 is 1.81 bits per heavy atom. The highest BCUT2D eigenvalue weighted by atomic mass is 32.2. The molecule has 0 radical (unpaired) electrons. The molecule has 0 saturated heterocycles. The summed E-state index contributed by atoms with van der Waals surface area (Å²) in [6.07, 6.45) is 1.04. The predicted octanol–water partition coefficient (Wildman–Crippen LogP) is 2.70. The van der Waals surface area contributed by atoms with Gasteiger partial charge in [-0.2, -0.15) is 0 Å². The Hall–Kier alpha value is -2.61. The highest BCUT2D eigenvalue weighted by molar-refractivity contribution is 7.92. The van der Waals surface area contributed by atoms with Gasteiger partial charge in [0.2, 0.25) is 15.9 Å². The van der Waals surface area contributed by atoms with E-state index in [1.165, 1.54) is 6.07 Å². The van der Waals surface area contributed by atoms with Crippen molar-refractivity contribution < 1.29 is 22.3 Å². The number of sulfonamides is 1. The van der Waals surface area contributed by atoms with Crippen LogP contribution in [0.4, 0.5) is 10.1 Å². The van der Waals surface area contributed by atoms with Crippen LogP contribution >= 0.6 is 0 Å². The lowest BCUT2D eigenvalue weighted by Gasteiger charge is -2.22. The number of nitrogens with one attached hydrogen (secondary N) is 1. The number of hydrogen-bond donors (Lipinski definition) is 1. The van der Waals surface area contributed by atoms with Gasteiger partial charge >= 0.3 is 0 Å². The molecule has 0 aromatic heterocycles. The molecule has 27 heavy (non-hydrogen) atoms. The summed E-state index contributed by atoms with van der Waals surface area (Å²) in [5, 5.41) is 2.60. The molecule has 8 heteroatoms. The second kappa shape index (κ2) is 9.36. The summed E-state index contributed by atoms with van der Waals surface area (Å²) < 4.78 is 44.3. The number of nitrogens with zero attached hydrogens (tertiary/aromatic N) is 1. The lowest BCUT2D eigenvalue weighted by molar-refractivity contribution is -0.121. The van der Waals surface area contributed by atoms with Gasteiger partial charge in [-0.25, -0.2) is 12.8 Å². The van der Waals surface area contributed by atoms with E-state index in [1.807, 2.05) is 6.92 Å². The van der Waals surface area contributed by atoms with Crippen LogP contribution in [-0.4, -0.2) is 33.7 Å². The normalized spacial score (nSPS) is 11.1. The van der Waals surface area contributed by atoms with Crippen molar-refractivity contribution in [1.29, 1.82) is 0 Å². The van der Waals surface area contributed by atoms with Crippen molar-refractivity contribution in [3.05, 3.63) is 59.9 Å². The lowest BCUT2D eigenvalue weighted by Crippen LogP contribution is -2.34. The van der Waals surface area contributed by atoms with E-state index >= 15 is 0 Å².